The lowest BCUT2D eigenvalue weighted by Crippen LogP contribution is -2.53. The molecule has 16 heteroatoms. The number of aryl methyl sites for hydroxylation is 2. The molecule has 3 amide bonds. The Bertz CT molecular complexity index is 4080. The monoisotopic (exact) mass is 1190 g/mol. The largest absolute Gasteiger partial charge is 0.493 e. The van der Waals surface area contributed by atoms with Crippen LogP contribution in [0.3, 0.4) is 0 Å². The number of hydrogen-bond donors (Lipinski definition) is 4. The van der Waals surface area contributed by atoms with Gasteiger partial charge in [0.1, 0.15) is 17.0 Å². The third-order valence-electron chi connectivity index (χ3n) is 16.2. The van der Waals surface area contributed by atoms with E-state index in [1.54, 1.807) is 82.7 Å². The minimum atomic E-state index is -4.50. The normalized spacial score (nSPS) is 14.1. The Morgan fingerprint density at radius 2 is 1.30 bits per heavy atom. The van der Waals surface area contributed by atoms with E-state index in [1.165, 1.54) is 11.0 Å². The average Bonchev–Trinajstić information content (AvgIpc) is 1.09. The molecule has 1 saturated heterocycles. The summed E-state index contributed by atoms with van der Waals surface area (Å²) in [5.74, 6) is -1.47. The van der Waals surface area contributed by atoms with Crippen LogP contribution in [0.5, 0.6) is 11.5 Å². The molecule has 1 heterocycles. The van der Waals surface area contributed by atoms with Crippen LogP contribution in [0.2, 0.25) is 0 Å². The number of carbonyl (C=O) groups is 5. The van der Waals surface area contributed by atoms with Crippen molar-refractivity contribution in [3.8, 4) is 22.6 Å². The van der Waals surface area contributed by atoms with Crippen LogP contribution in [0, 0.1) is 12.3 Å². The maximum absolute atomic E-state index is 14.3. The fourth-order valence-electron chi connectivity index (χ4n) is 10.9. The quantitative estimate of drug-likeness (QED) is 0.0164. The fourth-order valence-corrected chi connectivity index (χ4v) is 11.6. The van der Waals surface area contributed by atoms with Crippen molar-refractivity contribution in [2.45, 2.75) is 96.1 Å². The number of Topliss-reactive ketones (excluding diaryl/α,β-unsaturated/α-hetero) is 1. The number of esters is 1. The molecule has 1 aliphatic heterocycles. The number of carbonyl (C=O) groups excluding carboxylic acids is 5. The fraction of sp³-hybridized carbons (Fsp3) is 0.254. The molecular weight excluding hydrogens is 1120 g/mol. The molecule has 0 bridgehead atoms. The molecule has 1 aliphatic rings. The van der Waals surface area contributed by atoms with Crippen molar-refractivity contribution in [2.75, 3.05) is 37.1 Å². The second-order valence-electron chi connectivity index (χ2n) is 22.5. The first-order chi connectivity index (χ1) is 41.7. The molecule has 87 heavy (non-hydrogen) atoms. The zero-order valence-electron chi connectivity index (χ0n) is 49.7. The predicted molar refractivity (Wildman–Crippen MR) is 345 cm³/mol. The molecule has 8 aromatic carbocycles. The number of benzene rings is 8. The second kappa shape index (κ2) is 27.3. The van der Waals surface area contributed by atoms with Crippen molar-refractivity contribution in [3.63, 3.8) is 0 Å². The lowest BCUT2D eigenvalue weighted by atomic mass is 9.84. The number of nitrogens with zero attached hydrogens (tertiary/aromatic N) is 1. The highest BCUT2D eigenvalue weighted by Crippen LogP contribution is 2.36. The van der Waals surface area contributed by atoms with E-state index < -0.39 is 51.2 Å². The zero-order chi connectivity index (χ0) is 62.0. The number of nitrogens with one attached hydrogen (secondary N) is 2. The highest BCUT2D eigenvalue weighted by Gasteiger charge is 2.41. The molecule has 0 radical (unpaired) electrons. The van der Waals surface area contributed by atoms with Gasteiger partial charge in [0.2, 0.25) is 17.6 Å². The topological polar surface area (TPSA) is 221 Å². The SMILES string of the molecule is CCC(C)(C)C(=O)C(=O)N1CCCCC1C(=O)OC(CCc1ccc(OC)c(OC)c1)c1cccc(NC(=O)CCC(=O)Nc2c(/C=C/c3ccc(-c4ccc(/C=C/c5cc(S(=O)(=O)O)c6ccccc6c5N)cc4)cc3)cc(C)c3ccccc23)c1. The van der Waals surface area contributed by atoms with E-state index in [2.05, 4.69) is 10.6 Å². The molecule has 9 rings (SSSR count). The van der Waals surface area contributed by atoms with E-state index in [0.717, 1.165) is 49.7 Å². The van der Waals surface area contributed by atoms with Gasteiger partial charge in [0.05, 0.1) is 19.9 Å². The molecule has 5 N–H and O–H groups in total. The van der Waals surface area contributed by atoms with E-state index >= 15 is 0 Å². The summed E-state index contributed by atoms with van der Waals surface area (Å²) < 4.78 is 51.8. The first kappa shape index (κ1) is 62.2. The number of ether oxygens (including phenoxy) is 3. The summed E-state index contributed by atoms with van der Waals surface area (Å²) in [4.78, 5) is 70.0. The number of methoxy groups -OCH3 is 2. The van der Waals surface area contributed by atoms with Crippen LogP contribution in [0.25, 0.3) is 57.0 Å². The zero-order valence-corrected chi connectivity index (χ0v) is 50.5. The Labute approximate surface area is 508 Å². The Hall–Kier alpha value is -9.38. The highest BCUT2D eigenvalue weighted by molar-refractivity contribution is 7.86. The average molecular weight is 1190 g/mol. The summed E-state index contributed by atoms with van der Waals surface area (Å²) in [6.07, 6.45) is 9.39. The molecule has 1 fully saturated rings. The van der Waals surface area contributed by atoms with Gasteiger partial charge in [-0.3, -0.25) is 23.7 Å². The lowest BCUT2D eigenvalue weighted by Gasteiger charge is -2.36. The van der Waals surface area contributed by atoms with Crippen LogP contribution < -0.4 is 25.8 Å². The van der Waals surface area contributed by atoms with Gasteiger partial charge in [-0.2, -0.15) is 8.42 Å². The van der Waals surface area contributed by atoms with Crippen LogP contribution in [-0.4, -0.2) is 74.2 Å². The molecule has 2 unspecified atom stereocenters. The molecule has 0 aromatic heterocycles. The van der Waals surface area contributed by atoms with Crippen molar-refractivity contribution in [2.24, 2.45) is 5.41 Å². The van der Waals surface area contributed by atoms with Crippen LogP contribution in [0.4, 0.5) is 17.1 Å². The second-order valence-corrected chi connectivity index (χ2v) is 23.9. The molecule has 2 atom stereocenters. The van der Waals surface area contributed by atoms with E-state index in [4.69, 9.17) is 19.9 Å². The number of piperidine rings is 1. The van der Waals surface area contributed by atoms with Gasteiger partial charge in [-0.15, -0.1) is 0 Å². The summed E-state index contributed by atoms with van der Waals surface area (Å²) in [7, 11) is -1.38. The molecular formula is C71H72N4O11S. The predicted octanol–water partition coefficient (Wildman–Crippen LogP) is 14.1. The van der Waals surface area contributed by atoms with Gasteiger partial charge >= 0.3 is 5.97 Å². The van der Waals surface area contributed by atoms with E-state index in [0.29, 0.717) is 89.0 Å². The van der Waals surface area contributed by atoms with Crippen molar-refractivity contribution in [3.05, 3.63) is 191 Å². The number of nitrogen functional groups attached to an aromatic ring is 1. The number of anilines is 3. The van der Waals surface area contributed by atoms with Crippen LogP contribution in [0.1, 0.15) is 111 Å². The minimum absolute atomic E-state index is 0.118. The van der Waals surface area contributed by atoms with Gasteiger partial charge < -0.3 is 35.5 Å². The third-order valence-corrected chi connectivity index (χ3v) is 17.1. The van der Waals surface area contributed by atoms with Crippen LogP contribution in [0.15, 0.2) is 157 Å². The third kappa shape index (κ3) is 14.8. The van der Waals surface area contributed by atoms with Crippen molar-refractivity contribution < 1.29 is 51.2 Å². The number of fused-ring (bicyclic) bond motifs is 2. The molecule has 0 spiro atoms. The number of hydrogen-bond acceptors (Lipinski definition) is 11. The smallest absolute Gasteiger partial charge is 0.329 e. The number of ketones is 1. The molecule has 0 aliphatic carbocycles. The Balaban J connectivity index is 0.861. The van der Waals surface area contributed by atoms with Gasteiger partial charge in [-0.1, -0.05) is 160 Å². The Morgan fingerprint density at radius 3 is 1.93 bits per heavy atom. The van der Waals surface area contributed by atoms with Crippen molar-refractivity contribution in [1.29, 1.82) is 0 Å². The van der Waals surface area contributed by atoms with Crippen LogP contribution >= 0.6 is 0 Å². The molecule has 0 saturated carbocycles. The molecule has 8 aromatic rings. The van der Waals surface area contributed by atoms with E-state index in [-0.39, 0.29) is 30.2 Å². The first-order valence-corrected chi connectivity index (χ1v) is 30.5. The van der Waals surface area contributed by atoms with Crippen molar-refractivity contribution >= 4 is 103 Å². The summed E-state index contributed by atoms with van der Waals surface area (Å²) >= 11 is 0. The van der Waals surface area contributed by atoms with Gasteiger partial charge in [0.25, 0.3) is 16.0 Å². The first-order valence-electron chi connectivity index (χ1n) is 29.1. The van der Waals surface area contributed by atoms with Gasteiger partial charge in [0.15, 0.2) is 11.5 Å². The molecule has 15 nitrogen and oxygen atoms in total. The minimum Gasteiger partial charge on any atom is -0.493 e. The Morgan fingerprint density at radius 1 is 0.690 bits per heavy atom. The number of rotatable bonds is 22. The van der Waals surface area contributed by atoms with Gasteiger partial charge in [0, 0.05) is 52.3 Å². The standard InChI is InChI=1S/C71H72N4O11S/c1-7-71(3,4)68(78)69(79)75-40-13-12-21-59(75)70(80)86-60(36-28-48-29-37-61(84-5)62(42-48)85-6)51-15-14-16-54(43-51)73-64(76)38-39-65(77)74-67-53(41-45(2)55-17-8-11-20-58(55)67)35-27-47-24-32-50(33-25-47)49-30-22-46(23-31-49)26-34-52-44-63(87(81,82)83)56-18-9-10-19-57(56)66(52)72/h8-11,14-20,22-27,29-35,37,41-44,59-60H,7,12-13,21,28,36,38-40,72H2,1-6H3,(H,73,76)(H,74,77)(H,81,82,83)/b34-26+,35-27+. The van der Waals surface area contributed by atoms with Gasteiger partial charge in [-0.05, 0) is 137 Å². The van der Waals surface area contributed by atoms with E-state index in [1.807, 2.05) is 129 Å². The summed E-state index contributed by atoms with van der Waals surface area (Å²) in [6, 6.07) is 45.6. The Kier molecular flexibility index (Phi) is 19.5. The highest BCUT2D eigenvalue weighted by atomic mass is 32.2. The summed E-state index contributed by atoms with van der Waals surface area (Å²) in [5.41, 5.74) is 14.5. The van der Waals surface area contributed by atoms with E-state index in [9.17, 15) is 36.9 Å². The van der Waals surface area contributed by atoms with Gasteiger partial charge in [-0.25, -0.2) is 4.79 Å². The lowest BCUT2D eigenvalue weighted by molar-refractivity contribution is -0.164. The van der Waals surface area contributed by atoms with Crippen LogP contribution in [-0.2, 0) is 45.2 Å². The summed E-state index contributed by atoms with van der Waals surface area (Å²) in [6.45, 7) is 7.60. The molecule has 448 valence electrons. The van der Waals surface area contributed by atoms with Crippen molar-refractivity contribution in [1.82, 2.24) is 4.90 Å². The maximum Gasteiger partial charge on any atom is 0.329 e. The number of likely N-dealkylation sites (tertiary alicyclic amines) is 1. The summed E-state index contributed by atoms with van der Waals surface area (Å²) in [5, 5.41) is 8.75. The number of amides is 3. The number of nitrogens with two attached hydrogens (primary N) is 1. The maximum atomic E-state index is 14.3.